The van der Waals surface area contributed by atoms with Gasteiger partial charge in [0.2, 0.25) is 0 Å². The standard InChI is InChI=1S/C60H42N4/c61-43-49(39-45-31-35-55(36-32-45)63(51-23-11-3-12-24-51)52-25-13-4-14-26-52)59-42-58(48-21-9-2-10-22-48)60(41-57(59)47-19-7-1-8-20-47)50(44-62)40-46-33-37-56(38-34-46)64(53-27-15-5-16-28-53)54-29-17-6-18-30-54/h1-42H. The molecule has 0 N–H and O–H groups in total. The number of nitrogens with zero attached hydrogens (tertiary/aromatic N) is 4. The van der Waals surface area contributed by atoms with Crippen LogP contribution in [0.3, 0.4) is 0 Å². The van der Waals surface area contributed by atoms with E-state index in [2.05, 4.69) is 155 Å². The van der Waals surface area contributed by atoms with Gasteiger partial charge in [0.15, 0.2) is 0 Å². The van der Waals surface area contributed by atoms with Crippen molar-refractivity contribution in [3.05, 3.63) is 265 Å². The van der Waals surface area contributed by atoms with Crippen LogP contribution in [0.1, 0.15) is 22.3 Å². The average Bonchev–Trinajstić information content (AvgIpc) is 3.37. The summed E-state index contributed by atoms with van der Waals surface area (Å²) in [6.07, 6.45) is 3.90. The molecule has 4 nitrogen and oxygen atoms in total. The van der Waals surface area contributed by atoms with E-state index >= 15 is 0 Å². The van der Waals surface area contributed by atoms with Gasteiger partial charge in [0, 0.05) is 45.3 Å². The van der Waals surface area contributed by atoms with Gasteiger partial charge < -0.3 is 9.80 Å². The summed E-state index contributed by atoms with van der Waals surface area (Å²) in [6, 6.07) is 87.3. The Kier molecular flexibility index (Phi) is 12.1. The van der Waals surface area contributed by atoms with Crippen molar-refractivity contribution in [3.8, 4) is 34.4 Å². The smallest absolute Gasteiger partial charge is 0.0998 e. The molecule has 9 aromatic rings. The third-order valence-electron chi connectivity index (χ3n) is 11.1. The second-order valence-corrected chi connectivity index (χ2v) is 15.2. The van der Waals surface area contributed by atoms with Crippen LogP contribution >= 0.6 is 0 Å². The van der Waals surface area contributed by atoms with E-state index < -0.39 is 0 Å². The van der Waals surface area contributed by atoms with Crippen molar-refractivity contribution in [2.45, 2.75) is 0 Å². The maximum absolute atomic E-state index is 10.9. The van der Waals surface area contributed by atoms with E-state index in [4.69, 9.17) is 0 Å². The first-order valence-electron chi connectivity index (χ1n) is 21.2. The summed E-state index contributed by atoms with van der Waals surface area (Å²) < 4.78 is 0. The number of nitriles is 2. The maximum atomic E-state index is 10.9. The van der Waals surface area contributed by atoms with Gasteiger partial charge in [-0.1, -0.05) is 158 Å². The predicted octanol–water partition coefficient (Wildman–Crippen LogP) is 16.1. The molecule has 0 aliphatic carbocycles. The van der Waals surface area contributed by atoms with Gasteiger partial charge in [-0.2, -0.15) is 10.5 Å². The van der Waals surface area contributed by atoms with Crippen molar-refractivity contribution in [2.75, 3.05) is 9.80 Å². The van der Waals surface area contributed by atoms with Gasteiger partial charge in [0.1, 0.15) is 0 Å². The van der Waals surface area contributed by atoms with Crippen molar-refractivity contribution in [2.24, 2.45) is 0 Å². The van der Waals surface area contributed by atoms with E-state index in [1.807, 2.05) is 121 Å². The Hall–Kier alpha value is -8.96. The molecule has 0 heterocycles. The van der Waals surface area contributed by atoms with Crippen molar-refractivity contribution in [1.29, 1.82) is 10.5 Å². The van der Waals surface area contributed by atoms with Crippen LogP contribution < -0.4 is 9.80 Å². The number of rotatable bonds is 12. The number of para-hydroxylation sites is 4. The third kappa shape index (κ3) is 8.90. The van der Waals surface area contributed by atoms with Gasteiger partial charge >= 0.3 is 0 Å². The van der Waals surface area contributed by atoms with E-state index in [1.54, 1.807) is 0 Å². The summed E-state index contributed by atoms with van der Waals surface area (Å²) in [5.41, 5.74) is 14.2. The lowest BCUT2D eigenvalue weighted by atomic mass is 9.85. The van der Waals surface area contributed by atoms with E-state index in [0.29, 0.717) is 11.1 Å². The molecule has 0 amide bonds. The summed E-state index contributed by atoms with van der Waals surface area (Å²) in [7, 11) is 0. The Labute approximate surface area is 375 Å². The van der Waals surface area contributed by atoms with E-state index in [-0.39, 0.29) is 0 Å². The van der Waals surface area contributed by atoms with Gasteiger partial charge in [-0.05, 0) is 130 Å². The minimum absolute atomic E-state index is 0.512. The van der Waals surface area contributed by atoms with Crippen molar-refractivity contribution in [3.63, 3.8) is 0 Å². The van der Waals surface area contributed by atoms with Gasteiger partial charge in [0.25, 0.3) is 0 Å². The Bertz CT molecular complexity index is 2820. The van der Waals surface area contributed by atoms with Crippen molar-refractivity contribution in [1.82, 2.24) is 0 Å². The molecular formula is C60H42N4. The zero-order valence-corrected chi connectivity index (χ0v) is 35.0. The molecule has 0 saturated carbocycles. The minimum Gasteiger partial charge on any atom is -0.311 e. The molecule has 0 atom stereocenters. The van der Waals surface area contributed by atoms with Gasteiger partial charge in [-0.3, -0.25) is 0 Å². The molecule has 0 spiro atoms. The zero-order valence-electron chi connectivity index (χ0n) is 35.0. The molecule has 0 bridgehead atoms. The number of allylic oxidation sites excluding steroid dienone is 2. The van der Waals surface area contributed by atoms with E-state index in [9.17, 15) is 10.5 Å². The maximum Gasteiger partial charge on any atom is 0.0998 e. The van der Waals surface area contributed by atoms with Crippen LogP contribution in [0.5, 0.6) is 0 Å². The molecule has 0 saturated heterocycles. The lowest BCUT2D eigenvalue weighted by Gasteiger charge is -2.25. The molecular weight excluding hydrogens is 777 g/mol. The van der Waals surface area contributed by atoms with Gasteiger partial charge in [0.05, 0.1) is 23.3 Å². The lowest BCUT2D eigenvalue weighted by molar-refractivity contribution is 1.28. The average molecular weight is 819 g/mol. The third-order valence-corrected chi connectivity index (χ3v) is 11.1. The molecule has 0 aliphatic rings. The van der Waals surface area contributed by atoms with Crippen LogP contribution in [-0.4, -0.2) is 0 Å². The Morgan fingerprint density at radius 1 is 0.312 bits per heavy atom. The molecule has 0 fully saturated rings. The molecule has 0 radical (unpaired) electrons. The molecule has 64 heavy (non-hydrogen) atoms. The molecule has 302 valence electrons. The summed E-state index contributed by atoms with van der Waals surface area (Å²) >= 11 is 0. The first-order chi connectivity index (χ1) is 31.7. The van der Waals surface area contributed by atoms with Gasteiger partial charge in [-0.15, -0.1) is 0 Å². The van der Waals surface area contributed by atoms with Crippen LogP contribution in [0.15, 0.2) is 243 Å². The van der Waals surface area contributed by atoms with E-state index in [0.717, 1.165) is 78.6 Å². The van der Waals surface area contributed by atoms with Crippen LogP contribution in [0, 0.1) is 22.7 Å². The molecule has 9 rings (SSSR count). The fraction of sp³-hybridized carbons (Fsp3) is 0. The Morgan fingerprint density at radius 3 is 0.828 bits per heavy atom. The quantitative estimate of drug-likeness (QED) is 0.0910. The number of benzene rings is 9. The van der Waals surface area contributed by atoms with Gasteiger partial charge in [-0.25, -0.2) is 0 Å². The summed E-state index contributed by atoms with van der Waals surface area (Å²) in [6.45, 7) is 0. The molecule has 4 heteroatoms. The van der Waals surface area contributed by atoms with Crippen LogP contribution in [0.2, 0.25) is 0 Å². The Morgan fingerprint density at radius 2 is 0.562 bits per heavy atom. The summed E-state index contributed by atoms with van der Waals surface area (Å²) in [5.74, 6) is 0. The monoisotopic (exact) mass is 818 g/mol. The zero-order chi connectivity index (χ0) is 43.5. The highest BCUT2D eigenvalue weighted by atomic mass is 15.1. The van der Waals surface area contributed by atoms with E-state index in [1.165, 1.54) is 0 Å². The van der Waals surface area contributed by atoms with Crippen molar-refractivity contribution >= 4 is 57.4 Å². The summed E-state index contributed by atoms with van der Waals surface area (Å²) in [5, 5.41) is 21.9. The molecule has 0 aliphatic heterocycles. The van der Waals surface area contributed by atoms with Crippen LogP contribution in [0.4, 0.5) is 34.1 Å². The highest BCUT2D eigenvalue weighted by Crippen LogP contribution is 2.41. The van der Waals surface area contributed by atoms with Crippen LogP contribution in [-0.2, 0) is 0 Å². The largest absolute Gasteiger partial charge is 0.311 e. The topological polar surface area (TPSA) is 54.1 Å². The highest BCUT2D eigenvalue weighted by molar-refractivity contribution is 6.02. The van der Waals surface area contributed by atoms with Crippen molar-refractivity contribution < 1.29 is 0 Å². The molecule has 0 aromatic heterocycles. The fourth-order valence-corrected chi connectivity index (χ4v) is 8.07. The SMILES string of the molecule is N#CC(=Cc1ccc(N(c2ccccc2)c2ccccc2)cc1)c1cc(-c2ccccc2)c(C(C#N)=Cc2ccc(N(c3ccccc3)c3ccccc3)cc2)cc1-c1ccccc1. The minimum atomic E-state index is 0.512. The summed E-state index contributed by atoms with van der Waals surface area (Å²) in [4.78, 5) is 4.44. The second-order valence-electron chi connectivity index (χ2n) is 15.2. The first-order valence-corrected chi connectivity index (χ1v) is 21.2. The number of anilines is 6. The second kappa shape index (κ2) is 19.2. The lowest BCUT2D eigenvalue weighted by Crippen LogP contribution is -2.09. The Balaban J connectivity index is 1.14. The number of hydrogen-bond donors (Lipinski definition) is 0. The predicted molar refractivity (Wildman–Crippen MR) is 267 cm³/mol. The first kappa shape index (κ1) is 40.4. The number of hydrogen-bond acceptors (Lipinski definition) is 4. The fourth-order valence-electron chi connectivity index (χ4n) is 8.07. The molecule has 0 unspecified atom stereocenters. The molecule has 9 aromatic carbocycles. The normalized spacial score (nSPS) is 11.3. The van der Waals surface area contributed by atoms with Crippen LogP contribution in [0.25, 0.3) is 45.6 Å². The highest BCUT2D eigenvalue weighted by Gasteiger charge is 2.20.